The van der Waals surface area contributed by atoms with E-state index in [1.165, 1.54) is 18.2 Å². The Balaban J connectivity index is 1.42. The third-order valence-corrected chi connectivity index (χ3v) is 5.75. The van der Waals surface area contributed by atoms with Crippen molar-refractivity contribution in [1.82, 2.24) is 15.3 Å². The highest BCUT2D eigenvalue weighted by Crippen LogP contribution is 2.36. The average Bonchev–Trinajstić information content (AvgIpc) is 3.39. The molecular weight excluding hydrogens is 457 g/mol. The van der Waals surface area contributed by atoms with Crippen LogP contribution in [0.25, 0.3) is 22.5 Å². The number of fused-ring (bicyclic) bond motifs is 1. The number of hydrogen-bond donors (Lipinski definition) is 3. The molecule has 2 amide bonds. The number of amides is 2. The smallest absolute Gasteiger partial charge is 0.252 e. The molecule has 2 heterocycles. The maximum Gasteiger partial charge on any atom is 0.252 e. The number of H-pyrrole nitrogens is 1. The summed E-state index contributed by atoms with van der Waals surface area (Å²) < 4.78 is 41.8. The lowest BCUT2D eigenvalue weighted by molar-refractivity contribution is -0.115. The van der Waals surface area contributed by atoms with Gasteiger partial charge in [0.05, 0.1) is 12.0 Å². The van der Waals surface area contributed by atoms with Crippen LogP contribution >= 0.6 is 0 Å². The molecule has 0 radical (unpaired) electrons. The molecule has 1 aliphatic rings. The Bertz CT molecular complexity index is 1480. The molecular formula is C26H19F3N4O2. The minimum absolute atomic E-state index is 0.164. The van der Waals surface area contributed by atoms with Crippen molar-refractivity contribution in [3.8, 4) is 22.5 Å². The van der Waals surface area contributed by atoms with Gasteiger partial charge >= 0.3 is 0 Å². The van der Waals surface area contributed by atoms with Crippen LogP contribution in [0.3, 0.4) is 0 Å². The quantitative estimate of drug-likeness (QED) is 0.383. The van der Waals surface area contributed by atoms with Gasteiger partial charge in [0.2, 0.25) is 5.91 Å². The lowest BCUT2D eigenvalue weighted by atomic mass is 9.92. The third kappa shape index (κ3) is 4.40. The number of carbonyl (C=O) groups is 2. The molecule has 0 saturated heterocycles. The van der Waals surface area contributed by atoms with Crippen molar-refractivity contribution < 1.29 is 22.8 Å². The van der Waals surface area contributed by atoms with Crippen LogP contribution in [0.1, 0.15) is 27.2 Å². The van der Waals surface area contributed by atoms with Gasteiger partial charge < -0.3 is 15.6 Å². The molecule has 6 nitrogen and oxygen atoms in total. The fraction of sp³-hybridized carbons (Fsp3) is 0.115. The van der Waals surface area contributed by atoms with E-state index in [4.69, 9.17) is 0 Å². The van der Waals surface area contributed by atoms with Crippen molar-refractivity contribution >= 4 is 17.5 Å². The summed E-state index contributed by atoms with van der Waals surface area (Å²) in [6.45, 7) is 2.11. The Labute approximate surface area is 198 Å². The number of aromatic nitrogens is 2. The van der Waals surface area contributed by atoms with Gasteiger partial charge in [-0.1, -0.05) is 6.07 Å². The van der Waals surface area contributed by atoms with Gasteiger partial charge in [0.1, 0.15) is 23.3 Å². The minimum atomic E-state index is -0.781. The maximum atomic E-state index is 15.1. The highest BCUT2D eigenvalue weighted by Gasteiger charge is 2.28. The zero-order valence-corrected chi connectivity index (χ0v) is 18.5. The molecule has 0 atom stereocenters. The monoisotopic (exact) mass is 476 g/mol. The second kappa shape index (κ2) is 8.75. The van der Waals surface area contributed by atoms with E-state index in [2.05, 4.69) is 20.6 Å². The predicted octanol–water partition coefficient (Wildman–Crippen LogP) is 4.89. The van der Waals surface area contributed by atoms with Gasteiger partial charge in [0.25, 0.3) is 5.91 Å². The van der Waals surface area contributed by atoms with E-state index in [1.807, 2.05) is 6.92 Å². The van der Waals surface area contributed by atoms with E-state index in [0.717, 1.165) is 23.9 Å². The maximum absolute atomic E-state index is 15.1. The van der Waals surface area contributed by atoms with Crippen LogP contribution < -0.4 is 10.6 Å². The van der Waals surface area contributed by atoms with Crippen LogP contribution in [0.4, 0.5) is 18.9 Å². The zero-order chi connectivity index (χ0) is 24.7. The fourth-order valence-corrected chi connectivity index (χ4v) is 4.26. The van der Waals surface area contributed by atoms with E-state index in [0.29, 0.717) is 28.1 Å². The van der Waals surface area contributed by atoms with Crippen molar-refractivity contribution in [3.05, 3.63) is 94.6 Å². The first-order valence-corrected chi connectivity index (χ1v) is 10.8. The van der Waals surface area contributed by atoms with Crippen LogP contribution in [0.5, 0.6) is 0 Å². The molecule has 3 aromatic carbocycles. The molecule has 176 valence electrons. The molecule has 35 heavy (non-hydrogen) atoms. The number of aromatic amines is 1. The molecule has 1 aromatic heterocycles. The van der Waals surface area contributed by atoms with Gasteiger partial charge in [-0.05, 0) is 60.0 Å². The van der Waals surface area contributed by atoms with E-state index in [-0.39, 0.29) is 35.7 Å². The highest BCUT2D eigenvalue weighted by atomic mass is 19.1. The molecule has 1 aliphatic heterocycles. The lowest BCUT2D eigenvalue weighted by Gasteiger charge is -2.13. The standard InChI is InChI=1S/C26H19F3N4O2/c1-13-11-30-25(32-13)20-5-4-18(21-12-31-26(35)24(20)21)19-3-2-17(10-22(19)29)33-23(34)8-14-6-15(27)9-16(28)7-14/h2-7,9-11H,8,12H2,1H3,(H,30,32)(H,31,35)(H,33,34). The summed E-state index contributed by atoms with van der Waals surface area (Å²) in [6.07, 6.45) is 1.40. The molecule has 0 unspecified atom stereocenters. The molecule has 5 rings (SSSR count). The number of hydrogen-bond acceptors (Lipinski definition) is 3. The van der Waals surface area contributed by atoms with Gasteiger partial charge in [-0.3, -0.25) is 9.59 Å². The summed E-state index contributed by atoms with van der Waals surface area (Å²) in [6, 6.07) is 10.5. The van der Waals surface area contributed by atoms with Gasteiger partial charge in [-0.15, -0.1) is 0 Å². The number of aryl methyl sites for hydroxylation is 1. The Morgan fingerprint density at radius 1 is 1.00 bits per heavy atom. The van der Waals surface area contributed by atoms with Crippen LogP contribution in [-0.2, 0) is 17.8 Å². The van der Waals surface area contributed by atoms with Gasteiger partial charge in [0.15, 0.2) is 0 Å². The Morgan fingerprint density at radius 2 is 1.71 bits per heavy atom. The van der Waals surface area contributed by atoms with Crippen LogP contribution in [-0.4, -0.2) is 21.8 Å². The van der Waals surface area contributed by atoms with Crippen LogP contribution in [0.15, 0.2) is 54.7 Å². The van der Waals surface area contributed by atoms with Gasteiger partial charge in [-0.2, -0.15) is 0 Å². The summed E-state index contributed by atoms with van der Waals surface area (Å²) in [7, 11) is 0. The number of imidazole rings is 1. The van der Waals surface area contributed by atoms with Crippen molar-refractivity contribution in [3.63, 3.8) is 0 Å². The first kappa shape index (κ1) is 22.4. The summed E-state index contributed by atoms with van der Waals surface area (Å²) in [5.74, 6) is -2.41. The summed E-state index contributed by atoms with van der Waals surface area (Å²) in [4.78, 5) is 32.3. The van der Waals surface area contributed by atoms with E-state index >= 15 is 4.39 Å². The minimum Gasteiger partial charge on any atom is -0.348 e. The Morgan fingerprint density at radius 3 is 2.40 bits per heavy atom. The number of nitrogens with one attached hydrogen (secondary N) is 3. The van der Waals surface area contributed by atoms with E-state index in [9.17, 15) is 18.4 Å². The second-order valence-electron chi connectivity index (χ2n) is 8.31. The third-order valence-electron chi connectivity index (χ3n) is 5.75. The highest BCUT2D eigenvalue weighted by molar-refractivity contribution is 6.06. The number of halogens is 3. The second-order valence-corrected chi connectivity index (χ2v) is 8.31. The number of rotatable bonds is 5. The molecule has 0 fully saturated rings. The summed E-state index contributed by atoms with van der Waals surface area (Å²) in [5, 5.41) is 5.33. The molecule has 0 spiro atoms. The normalized spacial score (nSPS) is 12.4. The van der Waals surface area contributed by atoms with Gasteiger partial charge in [-0.25, -0.2) is 18.2 Å². The molecule has 3 N–H and O–H groups in total. The van der Waals surface area contributed by atoms with Crippen molar-refractivity contribution in [2.45, 2.75) is 19.9 Å². The number of anilines is 1. The summed E-state index contributed by atoms with van der Waals surface area (Å²) in [5.41, 5.74) is 3.76. The van der Waals surface area contributed by atoms with E-state index in [1.54, 1.807) is 18.3 Å². The Hall–Kier alpha value is -4.40. The molecule has 0 saturated carbocycles. The molecule has 9 heteroatoms. The number of benzene rings is 3. The molecule has 0 aliphatic carbocycles. The predicted molar refractivity (Wildman–Crippen MR) is 124 cm³/mol. The van der Waals surface area contributed by atoms with Crippen molar-refractivity contribution in [1.29, 1.82) is 0 Å². The lowest BCUT2D eigenvalue weighted by Crippen LogP contribution is -2.14. The topological polar surface area (TPSA) is 86.9 Å². The van der Waals surface area contributed by atoms with E-state index < -0.39 is 23.4 Å². The SMILES string of the molecule is Cc1cnc(-c2ccc(-c3ccc(NC(=O)Cc4cc(F)cc(F)c4)cc3F)c3c2C(=O)NC3)[nH]1. The average molecular weight is 476 g/mol. The number of carbonyl (C=O) groups excluding carboxylic acids is 2. The van der Waals surface area contributed by atoms with Crippen molar-refractivity contribution in [2.75, 3.05) is 5.32 Å². The largest absolute Gasteiger partial charge is 0.348 e. The Kier molecular flexibility index (Phi) is 5.60. The first-order valence-electron chi connectivity index (χ1n) is 10.8. The first-order chi connectivity index (χ1) is 16.8. The summed E-state index contributed by atoms with van der Waals surface area (Å²) >= 11 is 0. The fourth-order valence-electron chi connectivity index (χ4n) is 4.26. The van der Waals surface area contributed by atoms with Gasteiger partial charge in [0, 0.05) is 41.3 Å². The number of nitrogens with zero attached hydrogens (tertiary/aromatic N) is 1. The zero-order valence-electron chi connectivity index (χ0n) is 18.5. The van der Waals surface area contributed by atoms with Crippen molar-refractivity contribution in [2.24, 2.45) is 0 Å². The molecule has 4 aromatic rings. The van der Waals surface area contributed by atoms with Crippen LogP contribution in [0.2, 0.25) is 0 Å². The molecule has 0 bridgehead atoms. The van der Waals surface area contributed by atoms with Crippen LogP contribution in [0, 0.1) is 24.4 Å².